The minimum Gasteiger partial charge on any atom is -0.493 e. The van der Waals surface area contributed by atoms with Gasteiger partial charge in [0.05, 0.1) is 7.11 Å². The second-order valence-electron chi connectivity index (χ2n) is 4.97. The molecule has 1 fully saturated rings. The smallest absolute Gasteiger partial charge is 0.270 e. The molecule has 0 aliphatic carbocycles. The summed E-state index contributed by atoms with van der Waals surface area (Å²) in [6.07, 6.45) is 2.84. The number of alkyl halides is 2. The zero-order valence-electron chi connectivity index (χ0n) is 11.1. The average molecular weight is 273 g/mol. The van der Waals surface area contributed by atoms with Crippen molar-refractivity contribution in [2.75, 3.05) is 13.7 Å². The lowest BCUT2D eigenvalue weighted by Gasteiger charge is -2.26. The Kier molecular flexibility index (Phi) is 4.04. The van der Waals surface area contributed by atoms with Gasteiger partial charge >= 0.3 is 0 Å². The van der Waals surface area contributed by atoms with Gasteiger partial charge in [0.2, 0.25) is 0 Å². The third-order valence-corrected chi connectivity index (χ3v) is 3.47. The fourth-order valence-electron chi connectivity index (χ4n) is 2.46. The highest BCUT2D eigenvalue weighted by Gasteiger charge is 2.29. The summed E-state index contributed by atoms with van der Waals surface area (Å²) in [5.74, 6) is -3.73. The number of piperidine rings is 1. The van der Waals surface area contributed by atoms with Crippen LogP contribution in [0.4, 0.5) is 13.2 Å². The lowest BCUT2D eigenvalue weighted by molar-refractivity contribution is 0.0169. The largest absolute Gasteiger partial charge is 0.493 e. The first kappa shape index (κ1) is 14.2. The molecule has 106 valence electrons. The summed E-state index contributed by atoms with van der Waals surface area (Å²) in [7, 11) is 1.36. The van der Waals surface area contributed by atoms with E-state index >= 15 is 0 Å². The van der Waals surface area contributed by atoms with Crippen LogP contribution in [0.1, 0.15) is 43.4 Å². The number of benzene rings is 1. The summed E-state index contributed by atoms with van der Waals surface area (Å²) in [6, 6.07) is 2.08. The van der Waals surface area contributed by atoms with Crippen LogP contribution in [0.25, 0.3) is 0 Å². The first-order valence-electron chi connectivity index (χ1n) is 6.42. The Morgan fingerprint density at radius 1 is 1.32 bits per heavy atom. The molecule has 0 amide bonds. The van der Waals surface area contributed by atoms with Gasteiger partial charge in [-0.3, -0.25) is 0 Å². The Balaban J connectivity index is 2.46. The van der Waals surface area contributed by atoms with E-state index in [0.717, 1.165) is 38.8 Å². The summed E-state index contributed by atoms with van der Waals surface area (Å²) in [5.41, 5.74) is 0.173. The van der Waals surface area contributed by atoms with E-state index in [1.165, 1.54) is 13.2 Å². The van der Waals surface area contributed by atoms with Crippen molar-refractivity contribution in [1.29, 1.82) is 0 Å². The van der Waals surface area contributed by atoms with Gasteiger partial charge in [0.25, 0.3) is 5.92 Å². The molecule has 2 rings (SSSR count). The Morgan fingerprint density at radius 2 is 2.05 bits per heavy atom. The number of nitrogens with one attached hydrogen (secondary N) is 1. The highest BCUT2D eigenvalue weighted by Crippen LogP contribution is 2.37. The van der Waals surface area contributed by atoms with E-state index < -0.39 is 11.7 Å². The maximum absolute atomic E-state index is 13.9. The first-order chi connectivity index (χ1) is 8.93. The Bertz CT molecular complexity index is 451. The van der Waals surface area contributed by atoms with E-state index in [2.05, 4.69) is 5.32 Å². The minimum atomic E-state index is -3.06. The van der Waals surface area contributed by atoms with Gasteiger partial charge < -0.3 is 10.1 Å². The van der Waals surface area contributed by atoms with E-state index in [-0.39, 0.29) is 17.4 Å². The predicted molar refractivity (Wildman–Crippen MR) is 67.1 cm³/mol. The molecule has 0 bridgehead atoms. The summed E-state index contributed by atoms with van der Waals surface area (Å²) in [4.78, 5) is 0. The second-order valence-corrected chi connectivity index (χ2v) is 4.97. The Labute approximate surface area is 111 Å². The number of hydrogen-bond donors (Lipinski definition) is 1. The van der Waals surface area contributed by atoms with Crippen molar-refractivity contribution in [2.45, 2.75) is 38.2 Å². The maximum Gasteiger partial charge on any atom is 0.270 e. The molecule has 0 radical (unpaired) electrons. The van der Waals surface area contributed by atoms with Crippen LogP contribution in [0.2, 0.25) is 0 Å². The SMILES string of the molecule is COc1c(F)cc(C(C)(F)F)cc1C1CCCCN1. The van der Waals surface area contributed by atoms with Crippen molar-refractivity contribution in [3.05, 3.63) is 29.1 Å². The van der Waals surface area contributed by atoms with E-state index in [1.54, 1.807) is 0 Å². The van der Waals surface area contributed by atoms with Crippen molar-refractivity contribution < 1.29 is 17.9 Å². The van der Waals surface area contributed by atoms with Crippen LogP contribution in [-0.4, -0.2) is 13.7 Å². The van der Waals surface area contributed by atoms with Crippen molar-refractivity contribution in [3.63, 3.8) is 0 Å². The van der Waals surface area contributed by atoms with Gasteiger partial charge in [-0.2, -0.15) is 0 Å². The molecule has 1 heterocycles. The standard InChI is InChI=1S/C14H18F3NO/c1-14(16,17)9-7-10(12-5-3-4-6-18-12)13(19-2)11(15)8-9/h7-8,12,18H,3-6H2,1-2H3. The van der Waals surface area contributed by atoms with Crippen LogP contribution in [0, 0.1) is 5.82 Å². The molecule has 2 nitrogen and oxygen atoms in total. The van der Waals surface area contributed by atoms with Gasteiger partial charge in [0, 0.05) is 24.1 Å². The molecule has 0 saturated carbocycles. The Hall–Kier alpha value is -1.23. The lowest BCUT2D eigenvalue weighted by atomic mass is 9.94. The third-order valence-electron chi connectivity index (χ3n) is 3.47. The second kappa shape index (κ2) is 5.41. The molecule has 1 aromatic rings. The zero-order valence-corrected chi connectivity index (χ0v) is 11.1. The number of ether oxygens (including phenoxy) is 1. The predicted octanol–water partition coefficient (Wildman–Crippen LogP) is 3.76. The molecule has 1 aliphatic rings. The topological polar surface area (TPSA) is 21.3 Å². The highest BCUT2D eigenvalue weighted by molar-refractivity contribution is 5.42. The van der Waals surface area contributed by atoms with Crippen molar-refractivity contribution in [2.24, 2.45) is 0 Å². The number of halogens is 3. The molecule has 1 saturated heterocycles. The monoisotopic (exact) mass is 273 g/mol. The van der Waals surface area contributed by atoms with E-state index in [0.29, 0.717) is 5.56 Å². The number of hydrogen-bond acceptors (Lipinski definition) is 2. The van der Waals surface area contributed by atoms with Crippen molar-refractivity contribution >= 4 is 0 Å². The molecule has 19 heavy (non-hydrogen) atoms. The molecular formula is C14H18F3NO. The van der Waals surface area contributed by atoms with Crippen molar-refractivity contribution in [3.8, 4) is 5.75 Å². The van der Waals surface area contributed by atoms with E-state index in [9.17, 15) is 13.2 Å². The fraction of sp³-hybridized carbons (Fsp3) is 0.571. The fourth-order valence-corrected chi connectivity index (χ4v) is 2.46. The van der Waals surface area contributed by atoms with E-state index in [4.69, 9.17) is 4.74 Å². The molecule has 5 heteroatoms. The molecule has 1 aromatic carbocycles. The lowest BCUT2D eigenvalue weighted by Crippen LogP contribution is -2.27. The highest BCUT2D eigenvalue weighted by atomic mass is 19.3. The molecule has 1 atom stereocenters. The summed E-state index contributed by atoms with van der Waals surface area (Å²) >= 11 is 0. The summed E-state index contributed by atoms with van der Waals surface area (Å²) in [6.45, 7) is 1.58. The molecule has 1 N–H and O–H groups in total. The average Bonchev–Trinajstić information content (AvgIpc) is 2.37. The summed E-state index contributed by atoms with van der Waals surface area (Å²) < 4.78 is 45.7. The van der Waals surface area contributed by atoms with Gasteiger partial charge in [-0.15, -0.1) is 0 Å². The normalized spacial score (nSPS) is 20.4. The molecule has 0 aromatic heterocycles. The number of methoxy groups -OCH3 is 1. The molecular weight excluding hydrogens is 255 g/mol. The zero-order chi connectivity index (χ0) is 14.0. The number of rotatable bonds is 3. The van der Waals surface area contributed by atoms with Crippen LogP contribution in [-0.2, 0) is 5.92 Å². The van der Waals surface area contributed by atoms with Gasteiger partial charge in [0.1, 0.15) is 0 Å². The van der Waals surface area contributed by atoms with Crippen LogP contribution in [0.3, 0.4) is 0 Å². The maximum atomic E-state index is 13.9. The van der Waals surface area contributed by atoms with Gasteiger partial charge in [-0.1, -0.05) is 6.42 Å². The van der Waals surface area contributed by atoms with Crippen LogP contribution >= 0.6 is 0 Å². The Morgan fingerprint density at radius 3 is 2.58 bits per heavy atom. The van der Waals surface area contributed by atoms with Gasteiger partial charge in [-0.25, -0.2) is 13.2 Å². The van der Waals surface area contributed by atoms with Crippen LogP contribution in [0.15, 0.2) is 12.1 Å². The van der Waals surface area contributed by atoms with Gasteiger partial charge in [-0.05, 0) is 31.5 Å². The summed E-state index contributed by atoms with van der Waals surface area (Å²) in [5, 5.41) is 3.22. The van der Waals surface area contributed by atoms with Crippen LogP contribution in [0.5, 0.6) is 5.75 Å². The third kappa shape index (κ3) is 3.03. The molecule has 0 spiro atoms. The van der Waals surface area contributed by atoms with Crippen LogP contribution < -0.4 is 10.1 Å². The molecule has 1 aliphatic heterocycles. The first-order valence-corrected chi connectivity index (χ1v) is 6.42. The molecule has 1 unspecified atom stereocenters. The quantitative estimate of drug-likeness (QED) is 0.905. The van der Waals surface area contributed by atoms with E-state index in [1.807, 2.05) is 0 Å². The minimum absolute atomic E-state index is 0.0624. The van der Waals surface area contributed by atoms with Gasteiger partial charge in [0.15, 0.2) is 11.6 Å². The van der Waals surface area contributed by atoms with Crippen molar-refractivity contribution in [1.82, 2.24) is 5.32 Å².